The lowest BCUT2D eigenvalue weighted by molar-refractivity contribution is -0.125. The van der Waals surface area contributed by atoms with Gasteiger partial charge in [0.1, 0.15) is 0 Å². The monoisotopic (exact) mass is 252 g/mol. The lowest BCUT2D eigenvalue weighted by Crippen LogP contribution is -2.51. The molecule has 0 aromatic rings. The van der Waals surface area contributed by atoms with E-state index >= 15 is 0 Å². The van der Waals surface area contributed by atoms with E-state index in [0.29, 0.717) is 17.4 Å². The summed E-state index contributed by atoms with van der Waals surface area (Å²) in [6, 6.07) is 0.452. The van der Waals surface area contributed by atoms with Crippen LogP contribution in [0.25, 0.3) is 0 Å². The molecule has 0 radical (unpaired) electrons. The Morgan fingerprint density at radius 3 is 2.50 bits per heavy atom. The lowest BCUT2D eigenvalue weighted by atomic mass is 9.75. The molecule has 0 aromatic heterocycles. The van der Waals surface area contributed by atoms with E-state index in [1.807, 2.05) is 0 Å². The van der Waals surface area contributed by atoms with Gasteiger partial charge in [0.15, 0.2) is 0 Å². The van der Waals surface area contributed by atoms with Crippen LogP contribution in [0.4, 0.5) is 0 Å². The van der Waals surface area contributed by atoms with E-state index in [2.05, 4.69) is 31.4 Å². The molecule has 2 N–H and O–H groups in total. The van der Waals surface area contributed by atoms with Gasteiger partial charge in [-0.25, -0.2) is 0 Å². The van der Waals surface area contributed by atoms with Crippen molar-refractivity contribution in [2.75, 3.05) is 6.54 Å². The van der Waals surface area contributed by atoms with Crippen molar-refractivity contribution in [2.24, 2.45) is 11.3 Å². The van der Waals surface area contributed by atoms with Crippen molar-refractivity contribution in [3.8, 4) is 0 Å². The Hall–Kier alpha value is -0.570. The second kappa shape index (κ2) is 5.60. The van der Waals surface area contributed by atoms with Crippen molar-refractivity contribution in [3.63, 3.8) is 0 Å². The predicted molar refractivity (Wildman–Crippen MR) is 74.4 cm³/mol. The zero-order chi connectivity index (χ0) is 13.2. The minimum Gasteiger partial charge on any atom is -0.352 e. The van der Waals surface area contributed by atoms with Gasteiger partial charge in [-0.3, -0.25) is 4.79 Å². The molecule has 1 saturated carbocycles. The van der Waals surface area contributed by atoms with E-state index in [-0.39, 0.29) is 11.9 Å². The second-order valence-electron chi connectivity index (χ2n) is 7.08. The van der Waals surface area contributed by atoms with Crippen LogP contribution in [0, 0.1) is 11.3 Å². The molecule has 1 heterocycles. The zero-order valence-corrected chi connectivity index (χ0v) is 12.1. The average molecular weight is 252 g/mol. The van der Waals surface area contributed by atoms with Crippen LogP contribution in [0.1, 0.15) is 59.3 Å². The normalized spacial score (nSPS) is 33.1. The molecule has 2 fully saturated rings. The molecule has 3 heteroatoms. The molecule has 0 bridgehead atoms. The van der Waals surface area contributed by atoms with Gasteiger partial charge in [-0.15, -0.1) is 0 Å². The topological polar surface area (TPSA) is 41.1 Å². The lowest BCUT2D eigenvalue weighted by Gasteiger charge is -2.36. The minimum absolute atomic E-state index is 0.0451. The number of rotatable bonds is 2. The van der Waals surface area contributed by atoms with Gasteiger partial charge in [-0.05, 0) is 56.4 Å². The van der Waals surface area contributed by atoms with E-state index in [9.17, 15) is 4.79 Å². The number of carbonyl (C=O) groups is 1. The SMILES string of the molecule is CC1CCNC(C(=O)NC2CCC(C)(C)CC2)C1. The molecular formula is C15H28N2O. The summed E-state index contributed by atoms with van der Waals surface area (Å²) < 4.78 is 0. The molecular weight excluding hydrogens is 224 g/mol. The Morgan fingerprint density at radius 2 is 1.89 bits per heavy atom. The van der Waals surface area contributed by atoms with E-state index in [0.717, 1.165) is 25.8 Å². The molecule has 1 aliphatic heterocycles. The quantitative estimate of drug-likeness (QED) is 0.792. The summed E-state index contributed by atoms with van der Waals surface area (Å²) in [6.45, 7) is 7.88. The van der Waals surface area contributed by atoms with Gasteiger partial charge in [0.2, 0.25) is 5.91 Å². The van der Waals surface area contributed by atoms with E-state index < -0.39 is 0 Å². The average Bonchev–Trinajstić information content (AvgIpc) is 2.32. The van der Waals surface area contributed by atoms with Crippen molar-refractivity contribution >= 4 is 5.91 Å². The highest BCUT2D eigenvalue weighted by atomic mass is 16.2. The highest BCUT2D eigenvalue weighted by Crippen LogP contribution is 2.35. The van der Waals surface area contributed by atoms with Gasteiger partial charge in [-0.2, -0.15) is 0 Å². The van der Waals surface area contributed by atoms with Crippen molar-refractivity contribution in [2.45, 2.75) is 71.4 Å². The Bertz CT molecular complexity index is 291. The zero-order valence-electron chi connectivity index (χ0n) is 12.1. The number of piperidine rings is 1. The Kier molecular flexibility index (Phi) is 4.31. The molecule has 104 valence electrons. The molecule has 2 atom stereocenters. The fraction of sp³-hybridized carbons (Fsp3) is 0.933. The molecule has 1 saturated heterocycles. The molecule has 18 heavy (non-hydrogen) atoms. The van der Waals surface area contributed by atoms with Crippen molar-refractivity contribution in [1.29, 1.82) is 0 Å². The van der Waals surface area contributed by atoms with Crippen LogP contribution >= 0.6 is 0 Å². The number of carbonyl (C=O) groups excluding carboxylic acids is 1. The minimum atomic E-state index is 0.0451. The molecule has 3 nitrogen and oxygen atoms in total. The third-order valence-electron chi connectivity index (χ3n) is 4.67. The van der Waals surface area contributed by atoms with Crippen LogP contribution in [0.3, 0.4) is 0 Å². The summed E-state index contributed by atoms with van der Waals surface area (Å²) in [5.41, 5.74) is 0.471. The van der Waals surface area contributed by atoms with Crippen molar-refractivity contribution < 1.29 is 4.79 Å². The molecule has 2 aliphatic rings. The number of hydrogen-bond donors (Lipinski definition) is 2. The van der Waals surface area contributed by atoms with E-state index in [4.69, 9.17) is 0 Å². The molecule has 0 aromatic carbocycles. The summed E-state index contributed by atoms with van der Waals surface area (Å²) in [7, 11) is 0. The first-order valence-corrected chi connectivity index (χ1v) is 7.50. The highest BCUT2D eigenvalue weighted by Gasteiger charge is 2.30. The molecule has 2 rings (SSSR count). The van der Waals surface area contributed by atoms with Crippen LogP contribution < -0.4 is 10.6 Å². The molecule has 2 unspecified atom stereocenters. The summed E-state index contributed by atoms with van der Waals surface area (Å²) in [5.74, 6) is 0.901. The van der Waals surface area contributed by atoms with Gasteiger partial charge in [-0.1, -0.05) is 20.8 Å². The van der Waals surface area contributed by atoms with E-state index in [1.165, 1.54) is 19.3 Å². The Morgan fingerprint density at radius 1 is 1.22 bits per heavy atom. The second-order valence-corrected chi connectivity index (χ2v) is 7.08. The van der Waals surface area contributed by atoms with Crippen LogP contribution in [-0.2, 0) is 4.79 Å². The third-order valence-corrected chi connectivity index (χ3v) is 4.67. The third kappa shape index (κ3) is 3.71. The Labute approximate surface area is 111 Å². The van der Waals surface area contributed by atoms with Gasteiger partial charge in [0, 0.05) is 6.04 Å². The van der Waals surface area contributed by atoms with Crippen LogP contribution in [-0.4, -0.2) is 24.5 Å². The predicted octanol–water partition coefficient (Wildman–Crippen LogP) is 2.46. The molecule has 1 amide bonds. The number of hydrogen-bond acceptors (Lipinski definition) is 2. The van der Waals surface area contributed by atoms with Crippen molar-refractivity contribution in [1.82, 2.24) is 10.6 Å². The maximum Gasteiger partial charge on any atom is 0.237 e. The number of nitrogens with one attached hydrogen (secondary N) is 2. The van der Waals surface area contributed by atoms with Crippen molar-refractivity contribution in [3.05, 3.63) is 0 Å². The summed E-state index contributed by atoms with van der Waals surface area (Å²) >= 11 is 0. The van der Waals surface area contributed by atoms with Crippen LogP contribution in [0.2, 0.25) is 0 Å². The first-order valence-electron chi connectivity index (χ1n) is 7.50. The van der Waals surface area contributed by atoms with Gasteiger partial charge >= 0.3 is 0 Å². The van der Waals surface area contributed by atoms with Gasteiger partial charge < -0.3 is 10.6 Å². The smallest absolute Gasteiger partial charge is 0.237 e. The van der Waals surface area contributed by atoms with Crippen LogP contribution in [0.15, 0.2) is 0 Å². The molecule has 0 spiro atoms. The first kappa shape index (κ1) is 13.9. The standard InChI is InChI=1S/C15H28N2O/c1-11-6-9-16-13(10-11)14(18)17-12-4-7-15(2,3)8-5-12/h11-13,16H,4-10H2,1-3H3,(H,17,18). The van der Waals surface area contributed by atoms with Gasteiger partial charge in [0.25, 0.3) is 0 Å². The first-order chi connectivity index (χ1) is 8.46. The Balaban J connectivity index is 1.77. The maximum atomic E-state index is 12.2. The maximum absolute atomic E-state index is 12.2. The molecule has 1 aliphatic carbocycles. The summed E-state index contributed by atoms with van der Waals surface area (Å²) in [4.78, 5) is 12.2. The highest BCUT2D eigenvalue weighted by molar-refractivity contribution is 5.82. The largest absolute Gasteiger partial charge is 0.352 e. The van der Waals surface area contributed by atoms with Gasteiger partial charge in [0.05, 0.1) is 6.04 Å². The summed E-state index contributed by atoms with van der Waals surface area (Å²) in [6.07, 6.45) is 6.92. The fourth-order valence-electron chi connectivity index (χ4n) is 3.15. The fourth-order valence-corrected chi connectivity index (χ4v) is 3.15. The number of amides is 1. The van der Waals surface area contributed by atoms with Crippen LogP contribution in [0.5, 0.6) is 0 Å². The van der Waals surface area contributed by atoms with E-state index in [1.54, 1.807) is 0 Å². The summed E-state index contributed by atoms with van der Waals surface area (Å²) in [5, 5.41) is 6.59.